The Morgan fingerprint density at radius 2 is 2.00 bits per heavy atom. The highest BCUT2D eigenvalue weighted by atomic mass is 16.2. The van der Waals surface area contributed by atoms with Crippen LogP contribution in [0.15, 0.2) is 36.4 Å². The molecule has 1 atom stereocenters. The summed E-state index contributed by atoms with van der Waals surface area (Å²) in [5.74, 6) is -1.49. The van der Waals surface area contributed by atoms with Gasteiger partial charge in [-0.3, -0.25) is 19.7 Å². The monoisotopic (exact) mass is 378 g/mol. The molecule has 1 saturated heterocycles. The van der Waals surface area contributed by atoms with Gasteiger partial charge in [-0.25, -0.2) is 0 Å². The van der Waals surface area contributed by atoms with Crippen LogP contribution < -0.4 is 10.6 Å². The zero-order chi connectivity index (χ0) is 20.8. The van der Waals surface area contributed by atoms with Gasteiger partial charge in [-0.15, -0.1) is 0 Å². The molecular weight excluding hydrogens is 354 g/mol. The molecule has 2 aromatic carbocycles. The Balaban J connectivity index is 1.57. The molecule has 6 heteroatoms. The first-order valence-electron chi connectivity index (χ1n) is 9.88. The van der Waals surface area contributed by atoms with Crippen LogP contribution in [0.5, 0.6) is 0 Å². The van der Waals surface area contributed by atoms with Crippen LogP contribution in [0.3, 0.4) is 0 Å². The fourth-order valence-corrected chi connectivity index (χ4v) is 3.69. The summed E-state index contributed by atoms with van der Waals surface area (Å²) in [6, 6.07) is 9.92. The average Bonchev–Trinajstić information content (AvgIpc) is 3.04. The minimum absolute atomic E-state index is 0.00278. The Labute approximate surface area is 165 Å². The fraction of sp³-hybridized carbons (Fsp3) is 0.318. The molecule has 0 aliphatic carbocycles. The van der Waals surface area contributed by atoms with Gasteiger partial charge in [-0.2, -0.15) is 0 Å². The van der Waals surface area contributed by atoms with E-state index in [9.17, 15) is 14.4 Å². The highest BCUT2D eigenvalue weighted by Gasteiger charge is 2.39. The lowest BCUT2D eigenvalue weighted by molar-refractivity contribution is -0.136. The molecule has 1 fully saturated rings. The first kappa shape index (κ1) is 17.0. The largest absolute Gasteiger partial charge is 0.381 e. The SMILES string of the molecule is [2H][C@]1(N2Cc3c(NCc4ccc(C)c(C)c4)cccc3C2=O)CCC(=O)NC1=O. The number of rotatable bonds is 4. The number of aryl methyl sites for hydroxylation is 2. The normalized spacial score (nSPS) is 22.0. The molecule has 2 aromatic rings. The summed E-state index contributed by atoms with van der Waals surface area (Å²) in [6.45, 7) is 4.91. The standard InChI is InChI=1S/C22H23N3O3/c1-13-6-7-15(10-14(13)2)11-23-18-5-3-4-16-17(18)12-25(22(16)28)19-8-9-20(26)24-21(19)27/h3-7,10,19,23H,8-9,11-12H2,1-2H3,(H,24,26,27)/t19-/m0/s1/i19D. The molecule has 0 aromatic heterocycles. The molecule has 0 unspecified atom stereocenters. The Morgan fingerprint density at radius 1 is 1.18 bits per heavy atom. The van der Waals surface area contributed by atoms with E-state index >= 15 is 0 Å². The van der Waals surface area contributed by atoms with Crippen molar-refractivity contribution in [1.29, 1.82) is 0 Å². The van der Waals surface area contributed by atoms with Crippen molar-refractivity contribution in [1.82, 2.24) is 10.2 Å². The lowest BCUT2D eigenvalue weighted by Crippen LogP contribution is -2.52. The summed E-state index contributed by atoms with van der Waals surface area (Å²) < 4.78 is 8.59. The van der Waals surface area contributed by atoms with Crippen molar-refractivity contribution in [2.24, 2.45) is 0 Å². The molecule has 0 radical (unpaired) electrons. The number of carbonyl (C=O) groups excluding carboxylic acids is 3. The van der Waals surface area contributed by atoms with Gasteiger partial charge in [0.15, 0.2) is 0 Å². The smallest absolute Gasteiger partial charge is 0.255 e. The number of carbonyl (C=O) groups is 3. The minimum Gasteiger partial charge on any atom is -0.381 e. The number of fused-ring (bicyclic) bond motifs is 1. The molecule has 0 spiro atoms. The Bertz CT molecular complexity index is 1040. The van der Waals surface area contributed by atoms with Gasteiger partial charge in [0.25, 0.3) is 5.91 Å². The molecule has 0 saturated carbocycles. The van der Waals surface area contributed by atoms with Crippen molar-refractivity contribution in [2.75, 3.05) is 5.32 Å². The van der Waals surface area contributed by atoms with E-state index in [0.717, 1.165) is 16.8 Å². The second-order valence-electron chi connectivity index (χ2n) is 7.32. The molecule has 4 rings (SSSR count). The van der Waals surface area contributed by atoms with Gasteiger partial charge in [-0.1, -0.05) is 24.3 Å². The van der Waals surface area contributed by atoms with E-state index in [0.29, 0.717) is 12.1 Å². The van der Waals surface area contributed by atoms with Gasteiger partial charge >= 0.3 is 0 Å². The first-order valence-corrected chi connectivity index (χ1v) is 9.38. The average molecular weight is 378 g/mol. The maximum atomic E-state index is 13.0. The number of anilines is 1. The van der Waals surface area contributed by atoms with Crippen molar-refractivity contribution in [3.05, 3.63) is 64.2 Å². The summed E-state index contributed by atoms with van der Waals surface area (Å²) >= 11 is 0. The summed E-state index contributed by atoms with van der Waals surface area (Å²) in [4.78, 5) is 38.0. The number of amides is 3. The Kier molecular flexibility index (Phi) is 4.31. The lowest BCUT2D eigenvalue weighted by atomic mass is 10.0. The van der Waals surface area contributed by atoms with E-state index < -0.39 is 17.8 Å². The third-order valence-corrected chi connectivity index (χ3v) is 5.45. The molecule has 2 aliphatic heterocycles. The third kappa shape index (κ3) is 3.26. The van der Waals surface area contributed by atoms with Crippen LogP contribution >= 0.6 is 0 Å². The maximum Gasteiger partial charge on any atom is 0.255 e. The van der Waals surface area contributed by atoms with Gasteiger partial charge in [0.1, 0.15) is 6.02 Å². The lowest BCUT2D eigenvalue weighted by Gasteiger charge is -2.29. The van der Waals surface area contributed by atoms with E-state index in [1.807, 2.05) is 6.07 Å². The van der Waals surface area contributed by atoms with Crippen LogP contribution in [0, 0.1) is 13.8 Å². The molecule has 2 heterocycles. The Hall–Kier alpha value is -3.15. The number of benzene rings is 2. The minimum atomic E-state index is -1.77. The van der Waals surface area contributed by atoms with Crippen LogP contribution in [0.1, 0.15) is 46.8 Å². The maximum absolute atomic E-state index is 13.0. The number of hydrogen-bond acceptors (Lipinski definition) is 4. The number of hydrogen-bond donors (Lipinski definition) is 2. The summed E-state index contributed by atoms with van der Waals surface area (Å²) in [7, 11) is 0. The van der Waals surface area contributed by atoms with E-state index in [-0.39, 0.29) is 25.3 Å². The first-order chi connectivity index (χ1) is 13.8. The fourth-order valence-electron chi connectivity index (χ4n) is 3.69. The van der Waals surface area contributed by atoms with Gasteiger partial charge < -0.3 is 10.2 Å². The van der Waals surface area contributed by atoms with Gasteiger partial charge in [0.2, 0.25) is 11.8 Å². The zero-order valence-corrected chi connectivity index (χ0v) is 16.0. The molecule has 0 bridgehead atoms. The summed E-state index contributed by atoms with van der Waals surface area (Å²) in [5, 5.41) is 5.58. The van der Waals surface area contributed by atoms with Gasteiger partial charge in [-0.05, 0) is 49.1 Å². The van der Waals surface area contributed by atoms with Crippen LogP contribution in [0.2, 0.25) is 0 Å². The van der Waals surface area contributed by atoms with Crippen molar-refractivity contribution >= 4 is 23.4 Å². The van der Waals surface area contributed by atoms with E-state index in [4.69, 9.17) is 1.37 Å². The highest BCUT2D eigenvalue weighted by molar-refractivity contribution is 6.06. The molecule has 144 valence electrons. The Morgan fingerprint density at radius 3 is 2.75 bits per heavy atom. The number of piperidine rings is 1. The van der Waals surface area contributed by atoms with Gasteiger partial charge in [0.05, 0.1) is 1.37 Å². The second kappa shape index (κ2) is 7.11. The van der Waals surface area contributed by atoms with Crippen LogP contribution in [-0.4, -0.2) is 28.6 Å². The predicted octanol–water partition coefficient (Wildman–Crippen LogP) is 2.68. The molecule has 28 heavy (non-hydrogen) atoms. The zero-order valence-electron chi connectivity index (χ0n) is 17.0. The van der Waals surface area contributed by atoms with Crippen molar-refractivity contribution in [3.8, 4) is 0 Å². The van der Waals surface area contributed by atoms with Gasteiger partial charge in [0, 0.05) is 36.3 Å². The van der Waals surface area contributed by atoms with Crippen LogP contribution in [0.25, 0.3) is 0 Å². The van der Waals surface area contributed by atoms with Crippen LogP contribution in [-0.2, 0) is 22.7 Å². The van der Waals surface area contributed by atoms with E-state index in [1.54, 1.807) is 12.1 Å². The van der Waals surface area contributed by atoms with Crippen molar-refractivity contribution in [3.63, 3.8) is 0 Å². The third-order valence-electron chi connectivity index (χ3n) is 5.45. The number of nitrogens with one attached hydrogen (secondary N) is 2. The topological polar surface area (TPSA) is 78.5 Å². The quantitative estimate of drug-likeness (QED) is 0.802. The molecule has 2 N–H and O–H groups in total. The number of imide groups is 1. The van der Waals surface area contributed by atoms with Crippen LogP contribution in [0.4, 0.5) is 5.69 Å². The summed E-state index contributed by atoms with van der Waals surface area (Å²) in [5.41, 5.74) is 5.67. The van der Waals surface area contributed by atoms with Crippen molar-refractivity contribution < 1.29 is 15.8 Å². The molecule has 3 amide bonds. The molecular formula is C22H23N3O3. The molecule has 6 nitrogen and oxygen atoms in total. The van der Waals surface area contributed by atoms with Crippen molar-refractivity contribution in [2.45, 2.75) is 45.8 Å². The van der Waals surface area contributed by atoms with E-state index in [1.165, 1.54) is 16.0 Å². The predicted molar refractivity (Wildman–Crippen MR) is 106 cm³/mol. The van der Waals surface area contributed by atoms with E-state index in [2.05, 4.69) is 42.7 Å². The molecule has 2 aliphatic rings. The second-order valence-corrected chi connectivity index (χ2v) is 7.32. The summed E-state index contributed by atoms with van der Waals surface area (Å²) in [6.07, 6.45) is 0.0516. The number of nitrogens with zero attached hydrogens (tertiary/aromatic N) is 1. The highest BCUT2D eigenvalue weighted by Crippen LogP contribution is 2.32.